The molecule has 5 atom stereocenters. The lowest BCUT2D eigenvalue weighted by Gasteiger charge is -2.28. The molecule has 3 aliphatic rings. The molecule has 3 fully saturated rings. The zero-order valence-corrected chi connectivity index (χ0v) is 24.3. The first-order chi connectivity index (χ1) is 21.4. The van der Waals surface area contributed by atoms with E-state index in [-0.39, 0.29) is 58.3 Å². The van der Waals surface area contributed by atoms with Gasteiger partial charge in [-0.25, -0.2) is 9.59 Å². The lowest BCUT2D eigenvalue weighted by Crippen LogP contribution is -2.33. The smallest absolute Gasteiger partial charge is 0.353 e. The molecule has 0 unspecified atom stereocenters. The number of hydrogen-bond acceptors (Lipinski definition) is 8. The van der Waals surface area contributed by atoms with Crippen LogP contribution >= 0.6 is 11.3 Å². The van der Waals surface area contributed by atoms with Crippen molar-refractivity contribution in [3.8, 4) is 5.75 Å². The minimum Gasteiger partial charge on any atom is -0.454 e. The average Bonchev–Trinajstić information content (AvgIpc) is 3.85. The summed E-state index contributed by atoms with van der Waals surface area (Å²) in [4.78, 5) is 66.6. The van der Waals surface area contributed by atoms with Crippen molar-refractivity contribution in [3.05, 3.63) is 118 Å². The number of anilines is 1. The molecule has 1 saturated heterocycles. The molecule has 0 N–H and O–H groups in total. The highest BCUT2D eigenvalue weighted by Crippen LogP contribution is 2.61. The van der Waals surface area contributed by atoms with Gasteiger partial charge >= 0.3 is 11.9 Å². The third-order valence-electron chi connectivity index (χ3n) is 9.03. The van der Waals surface area contributed by atoms with E-state index in [1.54, 1.807) is 29.6 Å². The number of esters is 2. The summed E-state index contributed by atoms with van der Waals surface area (Å²) in [6, 6.07) is 25.8. The molecule has 2 aliphatic carbocycles. The fourth-order valence-electron chi connectivity index (χ4n) is 7.13. The van der Waals surface area contributed by atoms with E-state index in [4.69, 9.17) is 9.47 Å². The molecule has 8 nitrogen and oxygen atoms in total. The number of imide groups is 1. The highest BCUT2D eigenvalue weighted by molar-refractivity contribution is 7.12. The molecule has 2 saturated carbocycles. The van der Waals surface area contributed by atoms with E-state index in [1.807, 2.05) is 18.2 Å². The normalized spacial score (nSPS) is 23.5. The van der Waals surface area contributed by atoms with Crippen LogP contribution in [0.1, 0.15) is 54.7 Å². The zero-order valence-electron chi connectivity index (χ0n) is 23.5. The van der Waals surface area contributed by atoms with Crippen LogP contribution in [0.4, 0.5) is 5.69 Å². The summed E-state index contributed by atoms with van der Waals surface area (Å²) in [5.41, 5.74) is 1.96. The number of nitrogens with zero attached hydrogens (tertiary/aromatic N) is 1. The fraction of sp³-hybridized carbons (Fsp3) is 0.229. The first kappa shape index (κ1) is 27.9. The maximum atomic E-state index is 13.7. The van der Waals surface area contributed by atoms with Crippen molar-refractivity contribution in [2.24, 2.45) is 23.7 Å². The SMILES string of the molecule is O=C(COC(=O)c1cccc(N2C(=O)[C@@H]3[C@@H]4C[C@H]([C@H]3C2=O)[C@@H](c2ccccc2)C4)c1)c1ccc(OC(=O)c2cccs2)cc1. The summed E-state index contributed by atoms with van der Waals surface area (Å²) in [6.07, 6.45) is 1.77. The Balaban J connectivity index is 0.991. The molecule has 1 aromatic heterocycles. The minimum absolute atomic E-state index is 0.120. The standard InChI is InChI=1S/C35H27NO7S/c37-28(21-11-13-25(14-12-21)43-35(41)29-10-5-15-44-29)19-42-34(40)22-8-4-9-24(16-22)36-32(38)30-23-17-26(20-6-2-1-3-7-20)27(18-23)31(30)33(36)39/h1-16,23,26-27,30-31H,17-19H2/t23-,26+,27-,30+,31+/m0/s1. The van der Waals surface area contributed by atoms with Crippen molar-refractivity contribution in [2.45, 2.75) is 18.8 Å². The van der Waals surface area contributed by atoms with Gasteiger partial charge in [-0.3, -0.25) is 19.3 Å². The van der Waals surface area contributed by atoms with E-state index >= 15 is 0 Å². The van der Waals surface area contributed by atoms with Crippen LogP contribution in [0.25, 0.3) is 0 Å². The number of ketones is 1. The Morgan fingerprint density at radius 3 is 2.30 bits per heavy atom. The van der Waals surface area contributed by atoms with E-state index in [2.05, 4.69) is 12.1 Å². The molecular weight excluding hydrogens is 578 g/mol. The third-order valence-corrected chi connectivity index (χ3v) is 9.88. The predicted molar refractivity (Wildman–Crippen MR) is 162 cm³/mol. The van der Waals surface area contributed by atoms with Gasteiger partial charge in [-0.1, -0.05) is 42.5 Å². The summed E-state index contributed by atoms with van der Waals surface area (Å²) in [7, 11) is 0. The third kappa shape index (κ3) is 4.93. The van der Waals surface area contributed by atoms with Crippen LogP contribution in [-0.4, -0.2) is 36.1 Å². The predicted octanol–water partition coefficient (Wildman–Crippen LogP) is 5.94. The number of carbonyl (C=O) groups excluding carboxylic acids is 5. The fourth-order valence-corrected chi connectivity index (χ4v) is 7.73. The van der Waals surface area contributed by atoms with Gasteiger partial charge in [0.15, 0.2) is 12.4 Å². The number of fused-ring (bicyclic) bond motifs is 5. The monoisotopic (exact) mass is 605 g/mol. The summed E-state index contributed by atoms with van der Waals surface area (Å²) in [5.74, 6) is -1.94. The summed E-state index contributed by atoms with van der Waals surface area (Å²) < 4.78 is 10.6. The Labute approximate surface area is 257 Å². The van der Waals surface area contributed by atoms with Gasteiger partial charge in [0.1, 0.15) is 10.6 Å². The van der Waals surface area contributed by atoms with Crippen molar-refractivity contribution in [1.29, 1.82) is 0 Å². The number of amides is 2. The zero-order chi connectivity index (χ0) is 30.4. The van der Waals surface area contributed by atoms with Crippen LogP contribution in [0, 0.1) is 23.7 Å². The van der Waals surface area contributed by atoms with Crippen molar-refractivity contribution >= 4 is 46.6 Å². The molecule has 9 heteroatoms. The lowest BCUT2D eigenvalue weighted by atomic mass is 9.73. The Hall–Kier alpha value is -4.89. The molecule has 2 heterocycles. The molecule has 220 valence electrons. The second-order valence-corrected chi connectivity index (χ2v) is 12.4. The minimum atomic E-state index is -0.745. The van der Waals surface area contributed by atoms with Crippen LogP contribution in [0.3, 0.4) is 0 Å². The van der Waals surface area contributed by atoms with Crippen LogP contribution in [0.5, 0.6) is 5.75 Å². The highest BCUT2D eigenvalue weighted by Gasteiger charge is 2.64. The van der Waals surface area contributed by atoms with Crippen molar-refractivity contribution < 1.29 is 33.4 Å². The number of carbonyl (C=O) groups is 5. The van der Waals surface area contributed by atoms with Crippen molar-refractivity contribution in [1.82, 2.24) is 0 Å². The topological polar surface area (TPSA) is 107 Å². The quantitative estimate of drug-likeness (QED) is 0.106. The molecule has 2 bridgehead atoms. The maximum Gasteiger partial charge on any atom is 0.353 e. The van der Waals surface area contributed by atoms with Gasteiger partial charge in [0, 0.05) is 5.56 Å². The van der Waals surface area contributed by atoms with Gasteiger partial charge < -0.3 is 9.47 Å². The number of hydrogen-bond donors (Lipinski definition) is 0. The Bertz CT molecular complexity index is 1770. The Kier molecular flexibility index (Phi) is 7.18. The maximum absolute atomic E-state index is 13.7. The number of benzene rings is 3. The molecule has 4 aromatic rings. The number of ether oxygens (including phenoxy) is 2. The number of rotatable bonds is 8. The van der Waals surface area contributed by atoms with Crippen LogP contribution in [0.15, 0.2) is 96.4 Å². The molecule has 1 aliphatic heterocycles. The van der Waals surface area contributed by atoms with Crippen LogP contribution in [0.2, 0.25) is 0 Å². The molecular formula is C35H27NO7S. The molecule has 0 radical (unpaired) electrons. The lowest BCUT2D eigenvalue weighted by molar-refractivity contribution is -0.123. The van der Waals surface area contributed by atoms with Gasteiger partial charge in [-0.05, 0) is 90.1 Å². The second kappa shape index (κ2) is 11.3. The van der Waals surface area contributed by atoms with Crippen molar-refractivity contribution in [2.75, 3.05) is 11.5 Å². The van der Waals surface area contributed by atoms with E-state index in [0.717, 1.165) is 12.8 Å². The summed E-state index contributed by atoms with van der Waals surface area (Å²) >= 11 is 1.27. The number of Topliss-reactive ketones (excluding diaryl/α,β-unsaturated/α-hetero) is 1. The van der Waals surface area contributed by atoms with Gasteiger partial charge in [-0.2, -0.15) is 0 Å². The number of thiophene rings is 1. The van der Waals surface area contributed by atoms with Crippen molar-refractivity contribution in [3.63, 3.8) is 0 Å². The Morgan fingerprint density at radius 2 is 1.55 bits per heavy atom. The van der Waals surface area contributed by atoms with E-state index in [1.165, 1.54) is 58.2 Å². The Morgan fingerprint density at radius 1 is 0.773 bits per heavy atom. The first-order valence-corrected chi connectivity index (χ1v) is 15.4. The summed E-state index contributed by atoms with van der Waals surface area (Å²) in [6.45, 7) is -0.507. The van der Waals surface area contributed by atoms with Gasteiger partial charge in [-0.15, -0.1) is 11.3 Å². The summed E-state index contributed by atoms with van der Waals surface area (Å²) in [5, 5.41) is 1.77. The van der Waals surface area contributed by atoms with E-state index in [9.17, 15) is 24.0 Å². The average molecular weight is 606 g/mol. The van der Waals surface area contributed by atoms with Gasteiger partial charge in [0.05, 0.1) is 23.1 Å². The molecule has 0 spiro atoms. The largest absolute Gasteiger partial charge is 0.454 e. The van der Waals surface area contributed by atoms with Crippen LogP contribution in [-0.2, 0) is 14.3 Å². The van der Waals surface area contributed by atoms with Gasteiger partial charge in [0.2, 0.25) is 11.8 Å². The molecule has 2 amide bonds. The van der Waals surface area contributed by atoms with Crippen LogP contribution < -0.4 is 9.64 Å². The highest BCUT2D eigenvalue weighted by atomic mass is 32.1. The molecule has 3 aromatic carbocycles. The first-order valence-electron chi connectivity index (χ1n) is 14.5. The van der Waals surface area contributed by atoms with Gasteiger partial charge in [0.25, 0.3) is 0 Å². The van der Waals surface area contributed by atoms with E-state index in [0.29, 0.717) is 10.6 Å². The van der Waals surface area contributed by atoms with E-state index < -0.39 is 24.3 Å². The second-order valence-electron chi connectivity index (χ2n) is 11.4. The molecule has 7 rings (SSSR count). The molecule has 44 heavy (non-hydrogen) atoms.